The van der Waals surface area contributed by atoms with E-state index in [1.165, 1.54) is 26.1 Å². The number of aromatic nitrogens is 3. The number of hydrogen-bond donors (Lipinski definition) is 3. The Labute approximate surface area is 195 Å². The molecule has 2 aromatic heterocycles. The number of ketones is 1. The molecule has 0 aliphatic rings. The number of benzene rings is 1. The van der Waals surface area contributed by atoms with Crippen molar-refractivity contribution in [3.63, 3.8) is 0 Å². The summed E-state index contributed by atoms with van der Waals surface area (Å²) in [6, 6.07) is 5.08. The summed E-state index contributed by atoms with van der Waals surface area (Å²) >= 11 is 6.22. The number of halogens is 2. The molecule has 33 heavy (non-hydrogen) atoms. The molecule has 2 heterocycles. The summed E-state index contributed by atoms with van der Waals surface area (Å²) in [4.78, 5) is 24.0. The van der Waals surface area contributed by atoms with Crippen LogP contribution >= 0.6 is 11.6 Å². The van der Waals surface area contributed by atoms with E-state index in [0.29, 0.717) is 5.69 Å². The van der Waals surface area contributed by atoms with E-state index in [9.17, 15) is 17.6 Å². The highest BCUT2D eigenvalue weighted by molar-refractivity contribution is 7.96. The Hall–Kier alpha value is -3.57. The Bertz CT molecular complexity index is 1360. The van der Waals surface area contributed by atoms with E-state index in [1.807, 2.05) is 0 Å². The third-order valence-electron chi connectivity index (χ3n) is 4.39. The molecule has 1 aromatic carbocycles. The topological polar surface area (TPSA) is 126 Å². The van der Waals surface area contributed by atoms with Crippen LogP contribution in [0.3, 0.4) is 0 Å². The van der Waals surface area contributed by atoms with Gasteiger partial charge in [-0.2, -0.15) is 4.98 Å². The third-order valence-corrected chi connectivity index (χ3v) is 6.07. The standard InChI is InChI=1S/C21H20ClFN6O3S/c1-11(2)33(31,32)29-19-7-14(23)5-6-16(19)26-20-15(22)10-25-21(28-20)27-17-8-18(13(4)30)24-9-12(17)3/h5-10,29H,1H2,2-4H3,(H2,24,25,26,27,28). The van der Waals surface area contributed by atoms with Crippen LogP contribution < -0.4 is 15.4 Å². The highest BCUT2D eigenvalue weighted by Crippen LogP contribution is 2.31. The zero-order valence-corrected chi connectivity index (χ0v) is 19.5. The van der Waals surface area contributed by atoms with Crippen molar-refractivity contribution >= 4 is 56.2 Å². The summed E-state index contributed by atoms with van der Waals surface area (Å²) in [5.74, 6) is -0.559. The number of pyridine rings is 1. The minimum absolute atomic E-state index is 0.0572. The largest absolute Gasteiger partial charge is 0.337 e. The molecule has 0 spiro atoms. The first-order valence-electron chi connectivity index (χ1n) is 9.48. The normalized spacial score (nSPS) is 11.1. The Morgan fingerprint density at radius 3 is 2.45 bits per heavy atom. The van der Waals surface area contributed by atoms with E-state index in [2.05, 4.69) is 36.9 Å². The third kappa shape index (κ3) is 5.82. The lowest BCUT2D eigenvalue weighted by Gasteiger charge is -2.15. The van der Waals surface area contributed by atoms with E-state index in [4.69, 9.17) is 11.6 Å². The molecule has 12 heteroatoms. The molecule has 0 radical (unpaired) electrons. The summed E-state index contributed by atoms with van der Waals surface area (Å²) in [6.45, 7) is 7.93. The summed E-state index contributed by atoms with van der Waals surface area (Å²) < 4.78 is 40.5. The van der Waals surface area contributed by atoms with E-state index < -0.39 is 15.8 Å². The second-order valence-electron chi connectivity index (χ2n) is 7.08. The maximum Gasteiger partial charge on any atom is 0.257 e. The zero-order valence-electron chi connectivity index (χ0n) is 17.9. The van der Waals surface area contributed by atoms with Crippen molar-refractivity contribution in [2.75, 3.05) is 15.4 Å². The number of anilines is 5. The summed E-state index contributed by atoms with van der Waals surface area (Å²) in [5, 5.41) is 6.02. The van der Waals surface area contributed by atoms with Gasteiger partial charge in [0.15, 0.2) is 11.6 Å². The van der Waals surface area contributed by atoms with Gasteiger partial charge in [0.1, 0.15) is 16.5 Å². The number of sulfonamides is 1. The minimum atomic E-state index is -3.92. The van der Waals surface area contributed by atoms with Gasteiger partial charge in [-0.1, -0.05) is 18.2 Å². The smallest absolute Gasteiger partial charge is 0.257 e. The van der Waals surface area contributed by atoms with Gasteiger partial charge in [-0.15, -0.1) is 0 Å². The van der Waals surface area contributed by atoms with E-state index in [-0.39, 0.29) is 44.5 Å². The lowest BCUT2D eigenvalue weighted by molar-refractivity contribution is 0.101. The van der Waals surface area contributed by atoms with Crippen molar-refractivity contribution in [3.8, 4) is 0 Å². The number of aryl methyl sites for hydroxylation is 1. The number of carbonyl (C=O) groups is 1. The van der Waals surface area contributed by atoms with Crippen LogP contribution in [0.5, 0.6) is 0 Å². The second-order valence-corrected chi connectivity index (χ2v) is 9.39. The number of rotatable bonds is 8. The molecule has 0 fully saturated rings. The van der Waals surface area contributed by atoms with Crippen LogP contribution in [-0.4, -0.2) is 29.2 Å². The molecular weight excluding hydrogens is 471 g/mol. The van der Waals surface area contributed by atoms with Crippen molar-refractivity contribution in [2.45, 2.75) is 20.8 Å². The second kappa shape index (κ2) is 9.51. The van der Waals surface area contributed by atoms with Crippen molar-refractivity contribution in [3.05, 3.63) is 70.2 Å². The summed E-state index contributed by atoms with van der Waals surface area (Å²) in [6.07, 6.45) is 2.88. The fourth-order valence-electron chi connectivity index (χ4n) is 2.56. The van der Waals surface area contributed by atoms with Crippen molar-refractivity contribution in [2.24, 2.45) is 0 Å². The molecule has 0 atom stereocenters. The quantitative estimate of drug-likeness (QED) is 0.379. The van der Waals surface area contributed by atoms with Gasteiger partial charge in [-0.3, -0.25) is 14.5 Å². The molecule has 3 N–H and O–H groups in total. The molecule has 3 rings (SSSR count). The number of allylic oxidation sites excluding steroid dienone is 1. The fourth-order valence-corrected chi connectivity index (χ4v) is 3.33. The van der Waals surface area contributed by atoms with Crippen molar-refractivity contribution < 1.29 is 17.6 Å². The molecule has 0 aliphatic heterocycles. The maximum absolute atomic E-state index is 13.8. The zero-order chi connectivity index (χ0) is 24.3. The first kappa shape index (κ1) is 24.1. The molecule has 172 valence electrons. The molecule has 9 nitrogen and oxygen atoms in total. The average molecular weight is 491 g/mol. The van der Waals surface area contributed by atoms with Gasteiger partial charge >= 0.3 is 0 Å². The van der Waals surface area contributed by atoms with E-state index in [0.717, 1.165) is 17.7 Å². The Morgan fingerprint density at radius 1 is 1.06 bits per heavy atom. The predicted octanol–water partition coefficient (Wildman–Crippen LogP) is 4.94. The summed E-state index contributed by atoms with van der Waals surface area (Å²) in [5.41, 5.74) is 1.74. The predicted molar refractivity (Wildman–Crippen MR) is 126 cm³/mol. The minimum Gasteiger partial charge on any atom is -0.337 e. The van der Waals surface area contributed by atoms with Crippen molar-refractivity contribution in [1.29, 1.82) is 0 Å². The number of hydrogen-bond acceptors (Lipinski definition) is 8. The summed E-state index contributed by atoms with van der Waals surface area (Å²) in [7, 11) is -3.92. The highest BCUT2D eigenvalue weighted by Gasteiger charge is 2.16. The first-order chi connectivity index (χ1) is 15.5. The van der Waals surface area contributed by atoms with Crippen LogP contribution in [0, 0.1) is 12.7 Å². The van der Waals surface area contributed by atoms with Gasteiger partial charge in [-0.25, -0.2) is 17.8 Å². The lowest BCUT2D eigenvalue weighted by Crippen LogP contribution is -2.14. The molecule has 3 aromatic rings. The molecule has 0 saturated heterocycles. The van der Waals surface area contributed by atoms with Crippen LogP contribution in [0.2, 0.25) is 5.02 Å². The number of carbonyl (C=O) groups excluding carboxylic acids is 1. The Morgan fingerprint density at radius 2 is 1.79 bits per heavy atom. The van der Waals surface area contributed by atoms with Crippen LogP contribution in [0.15, 0.2) is 48.1 Å². The van der Waals surface area contributed by atoms with Gasteiger partial charge < -0.3 is 10.6 Å². The van der Waals surface area contributed by atoms with Gasteiger partial charge in [-0.05, 0) is 37.6 Å². The van der Waals surface area contributed by atoms with Gasteiger partial charge in [0, 0.05) is 24.9 Å². The fraction of sp³-hybridized carbons (Fsp3) is 0.143. The van der Waals surface area contributed by atoms with E-state index >= 15 is 0 Å². The number of nitrogens with one attached hydrogen (secondary N) is 3. The molecule has 0 saturated carbocycles. The van der Waals surface area contributed by atoms with Crippen LogP contribution in [0.1, 0.15) is 29.9 Å². The molecule has 0 aliphatic carbocycles. The van der Waals surface area contributed by atoms with Crippen LogP contribution in [-0.2, 0) is 10.0 Å². The van der Waals surface area contributed by atoms with Gasteiger partial charge in [0.05, 0.1) is 22.5 Å². The Kier molecular flexibility index (Phi) is 6.94. The van der Waals surface area contributed by atoms with Crippen LogP contribution in [0.4, 0.5) is 33.2 Å². The average Bonchev–Trinajstić information content (AvgIpc) is 2.73. The lowest BCUT2D eigenvalue weighted by atomic mass is 10.2. The molecular formula is C21H20ClFN6O3S. The van der Waals surface area contributed by atoms with E-state index in [1.54, 1.807) is 19.2 Å². The van der Waals surface area contributed by atoms with Crippen molar-refractivity contribution in [1.82, 2.24) is 15.0 Å². The highest BCUT2D eigenvalue weighted by atomic mass is 35.5. The van der Waals surface area contributed by atoms with Gasteiger partial charge in [0.2, 0.25) is 5.95 Å². The van der Waals surface area contributed by atoms with Gasteiger partial charge in [0.25, 0.3) is 10.0 Å². The number of Topliss-reactive ketones (excluding diaryl/α,β-unsaturated/α-hetero) is 1. The SMILES string of the molecule is C=C(C)S(=O)(=O)Nc1cc(F)ccc1Nc1nc(Nc2cc(C(C)=O)ncc2C)ncc1Cl. The first-order valence-corrected chi connectivity index (χ1v) is 11.3. The van der Waals surface area contributed by atoms with Crippen LogP contribution in [0.25, 0.3) is 0 Å². The molecule has 0 amide bonds. The monoisotopic (exact) mass is 490 g/mol. The molecule has 0 bridgehead atoms. The number of nitrogens with zero attached hydrogens (tertiary/aromatic N) is 3. The Balaban J connectivity index is 1.94. The maximum atomic E-state index is 13.8. The molecule has 0 unspecified atom stereocenters.